The van der Waals surface area contributed by atoms with E-state index < -0.39 is 5.54 Å². The van der Waals surface area contributed by atoms with Crippen molar-refractivity contribution >= 4 is 29.4 Å². The number of nitrogens with zero attached hydrogens (tertiary/aromatic N) is 3. The molecule has 1 aromatic carbocycles. The fourth-order valence-corrected chi connectivity index (χ4v) is 4.59. The predicted octanol–water partition coefficient (Wildman–Crippen LogP) is 2.56. The van der Waals surface area contributed by atoms with Crippen molar-refractivity contribution in [3.8, 4) is 0 Å². The predicted molar refractivity (Wildman–Crippen MR) is 110 cm³/mol. The van der Waals surface area contributed by atoms with Gasteiger partial charge in [0.25, 0.3) is 11.8 Å². The standard InChI is InChI=1S/C21H27ClN4O3/c1-15-6-8-21(9-7-15)19(28)26(20(29)23-21)14-24-10-12-25(13-11-24)18(27)16-2-4-17(22)5-3-16/h2-5,15H,6-14H2,1H3,(H,23,29). The SMILES string of the molecule is CC1CCC2(CC1)NC(=O)N(CN1CCN(C(=O)c3ccc(Cl)cc3)CC1)C2=O. The molecule has 1 spiro atoms. The quantitative estimate of drug-likeness (QED) is 0.765. The van der Waals surface area contributed by atoms with Crippen molar-refractivity contribution in [1.29, 1.82) is 0 Å². The number of nitrogens with one attached hydrogen (secondary N) is 1. The van der Waals surface area contributed by atoms with Gasteiger partial charge in [0.1, 0.15) is 5.54 Å². The third-order valence-corrected chi connectivity index (χ3v) is 6.72. The second-order valence-corrected chi connectivity index (χ2v) is 8.92. The maximum Gasteiger partial charge on any atom is 0.326 e. The number of rotatable bonds is 3. The molecular weight excluding hydrogens is 392 g/mol. The van der Waals surface area contributed by atoms with Crippen molar-refractivity contribution < 1.29 is 14.4 Å². The zero-order chi connectivity index (χ0) is 20.6. The van der Waals surface area contributed by atoms with Crippen LogP contribution < -0.4 is 5.32 Å². The third kappa shape index (κ3) is 3.98. The molecule has 156 valence electrons. The van der Waals surface area contributed by atoms with Crippen LogP contribution in [0, 0.1) is 5.92 Å². The largest absolute Gasteiger partial charge is 0.336 e. The van der Waals surface area contributed by atoms with E-state index in [1.54, 1.807) is 29.2 Å². The first-order valence-electron chi connectivity index (χ1n) is 10.3. The molecule has 3 aliphatic rings. The number of amides is 4. The van der Waals surface area contributed by atoms with Crippen LogP contribution in [-0.2, 0) is 4.79 Å². The summed E-state index contributed by atoms with van der Waals surface area (Å²) in [5.74, 6) is 0.492. The van der Waals surface area contributed by atoms with E-state index in [1.807, 2.05) is 0 Å². The number of halogens is 1. The van der Waals surface area contributed by atoms with Crippen molar-refractivity contribution in [3.05, 3.63) is 34.9 Å². The Morgan fingerprint density at radius 3 is 2.34 bits per heavy atom. The second-order valence-electron chi connectivity index (χ2n) is 8.49. The molecule has 7 nitrogen and oxygen atoms in total. The minimum absolute atomic E-state index is 0.0217. The van der Waals surface area contributed by atoms with Gasteiger partial charge in [0.2, 0.25) is 0 Å². The van der Waals surface area contributed by atoms with Gasteiger partial charge in [0.05, 0.1) is 6.67 Å². The summed E-state index contributed by atoms with van der Waals surface area (Å²) >= 11 is 5.89. The molecule has 0 aromatic heterocycles. The molecule has 3 fully saturated rings. The van der Waals surface area contributed by atoms with Gasteiger partial charge >= 0.3 is 6.03 Å². The highest BCUT2D eigenvalue weighted by atomic mass is 35.5. The van der Waals surface area contributed by atoms with E-state index in [9.17, 15) is 14.4 Å². The highest BCUT2D eigenvalue weighted by molar-refractivity contribution is 6.30. The van der Waals surface area contributed by atoms with Gasteiger partial charge in [0, 0.05) is 36.8 Å². The Balaban J connectivity index is 1.32. The van der Waals surface area contributed by atoms with Crippen LogP contribution in [-0.4, -0.2) is 70.9 Å². The van der Waals surface area contributed by atoms with Gasteiger partial charge in [0.15, 0.2) is 0 Å². The molecule has 8 heteroatoms. The molecule has 0 radical (unpaired) electrons. The molecule has 29 heavy (non-hydrogen) atoms. The van der Waals surface area contributed by atoms with Gasteiger partial charge in [-0.15, -0.1) is 0 Å². The Morgan fingerprint density at radius 2 is 1.72 bits per heavy atom. The van der Waals surface area contributed by atoms with Gasteiger partial charge in [-0.05, 0) is 55.9 Å². The highest BCUT2D eigenvalue weighted by Gasteiger charge is 2.52. The molecule has 4 rings (SSSR count). The van der Waals surface area contributed by atoms with Crippen LogP contribution in [0.5, 0.6) is 0 Å². The van der Waals surface area contributed by atoms with E-state index in [0.717, 1.165) is 25.7 Å². The van der Waals surface area contributed by atoms with Crippen molar-refractivity contribution in [2.75, 3.05) is 32.8 Å². The van der Waals surface area contributed by atoms with Crippen LogP contribution in [0.1, 0.15) is 43.0 Å². The second kappa shape index (κ2) is 7.95. The number of carbonyl (C=O) groups excluding carboxylic acids is 3. The van der Waals surface area contributed by atoms with E-state index in [0.29, 0.717) is 42.7 Å². The average Bonchev–Trinajstić information content (AvgIpc) is 2.95. The molecule has 2 aliphatic heterocycles. The first kappa shape index (κ1) is 20.2. The lowest BCUT2D eigenvalue weighted by Crippen LogP contribution is -2.53. The van der Waals surface area contributed by atoms with Crippen LogP contribution in [0.15, 0.2) is 24.3 Å². The van der Waals surface area contributed by atoms with Crippen LogP contribution in [0.4, 0.5) is 4.79 Å². The van der Waals surface area contributed by atoms with E-state index in [4.69, 9.17) is 11.6 Å². The van der Waals surface area contributed by atoms with E-state index in [-0.39, 0.29) is 24.5 Å². The number of hydrogen-bond donors (Lipinski definition) is 1. The summed E-state index contributed by atoms with van der Waals surface area (Å²) in [6.45, 7) is 4.85. The first-order chi connectivity index (χ1) is 13.9. The van der Waals surface area contributed by atoms with Crippen molar-refractivity contribution in [3.63, 3.8) is 0 Å². The topological polar surface area (TPSA) is 73.0 Å². The van der Waals surface area contributed by atoms with Gasteiger partial charge < -0.3 is 10.2 Å². The van der Waals surface area contributed by atoms with Gasteiger partial charge in [-0.2, -0.15) is 0 Å². The Hall–Kier alpha value is -2.12. The lowest BCUT2D eigenvalue weighted by Gasteiger charge is -2.37. The number of urea groups is 1. The lowest BCUT2D eigenvalue weighted by molar-refractivity contribution is -0.134. The summed E-state index contributed by atoms with van der Waals surface area (Å²) in [5.41, 5.74) is -0.0823. The number of benzene rings is 1. The molecule has 1 aliphatic carbocycles. The number of piperazine rings is 1. The number of carbonyl (C=O) groups is 3. The molecule has 1 aromatic rings. The van der Waals surface area contributed by atoms with Crippen LogP contribution in [0.2, 0.25) is 5.02 Å². The highest BCUT2D eigenvalue weighted by Crippen LogP contribution is 2.36. The van der Waals surface area contributed by atoms with Crippen molar-refractivity contribution in [1.82, 2.24) is 20.0 Å². The van der Waals surface area contributed by atoms with Gasteiger partial charge in [-0.25, -0.2) is 9.69 Å². The Labute approximate surface area is 176 Å². The molecule has 2 heterocycles. The third-order valence-electron chi connectivity index (χ3n) is 6.47. The normalized spacial score (nSPS) is 28.1. The summed E-state index contributed by atoms with van der Waals surface area (Å²) in [7, 11) is 0. The van der Waals surface area contributed by atoms with Gasteiger partial charge in [-0.1, -0.05) is 18.5 Å². The van der Waals surface area contributed by atoms with E-state index in [1.165, 1.54) is 4.90 Å². The Morgan fingerprint density at radius 1 is 1.10 bits per heavy atom. The summed E-state index contributed by atoms with van der Waals surface area (Å²) in [4.78, 5) is 43.3. The summed E-state index contributed by atoms with van der Waals surface area (Å²) in [6.07, 6.45) is 3.37. The zero-order valence-corrected chi connectivity index (χ0v) is 17.5. The number of hydrogen-bond acceptors (Lipinski definition) is 4. The van der Waals surface area contributed by atoms with Crippen molar-refractivity contribution in [2.24, 2.45) is 5.92 Å². The Kier molecular flexibility index (Phi) is 5.53. The molecule has 0 atom stereocenters. The fourth-order valence-electron chi connectivity index (χ4n) is 4.47. The smallest absolute Gasteiger partial charge is 0.326 e. The minimum atomic E-state index is -0.698. The molecule has 1 N–H and O–H groups in total. The van der Waals surface area contributed by atoms with Crippen LogP contribution >= 0.6 is 11.6 Å². The Bertz CT molecular complexity index is 797. The number of imide groups is 1. The van der Waals surface area contributed by atoms with Crippen LogP contribution in [0.3, 0.4) is 0 Å². The molecular formula is C21H27ClN4O3. The summed E-state index contributed by atoms with van der Waals surface area (Å²) in [5, 5.41) is 3.57. The molecule has 0 bridgehead atoms. The lowest BCUT2D eigenvalue weighted by atomic mass is 9.77. The fraction of sp³-hybridized carbons (Fsp3) is 0.571. The minimum Gasteiger partial charge on any atom is -0.336 e. The van der Waals surface area contributed by atoms with Crippen molar-refractivity contribution in [2.45, 2.75) is 38.1 Å². The zero-order valence-electron chi connectivity index (χ0n) is 16.7. The maximum absolute atomic E-state index is 13.0. The van der Waals surface area contributed by atoms with E-state index in [2.05, 4.69) is 17.1 Å². The molecule has 2 saturated heterocycles. The average molecular weight is 419 g/mol. The van der Waals surface area contributed by atoms with E-state index >= 15 is 0 Å². The monoisotopic (exact) mass is 418 g/mol. The molecule has 4 amide bonds. The first-order valence-corrected chi connectivity index (χ1v) is 10.7. The molecule has 0 unspecified atom stereocenters. The summed E-state index contributed by atoms with van der Waals surface area (Å²) in [6, 6.07) is 6.60. The van der Waals surface area contributed by atoms with Gasteiger partial charge in [-0.3, -0.25) is 14.5 Å². The van der Waals surface area contributed by atoms with Crippen LogP contribution in [0.25, 0.3) is 0 Å². The molecule has 1 saturated carbocycles. The maximum atomic E-state index is 13.0. The summed E-state index contributed by atoms with van der Waals surface area (Å²) < 4.78 is 0.